The van der Waals surface area contributed by atoms with Gasteiger partial charge in [0.25, 0.3) is 0 Å². The molecule has 0 bridgehead atoms. The Labute approximate surface area is 165 Å². The summed E-state index contributed by atoms with van der Waals surface area (Å²) < 4.78 is 10.3. The van der Waals surface area contributed by atoms with Crippen LogP contribution < -0.4 is 5.32 Å². The molecule has 0 atom stereocenters. The van der Waals surface area contributed by atoms with Gasteiger partial charge >= 0.3 is 5.97 Å². The van der Waals surface area contributed by atoms with Crippen molar-refractivity contribution in [1.29, 1.82) is 0 Å². The minimum absolute atomic E-state index is 0.0472. The molecular weight excluding hydrogens is 358 g/mol. The molecule has 1 aromatic heterocycles. The van der Waals surface area contributed by atoms with Crippen molar-refractivity contribution in [2.24, 2.45) is 0 Å². The van der Waals surface area contributed by atoms with Crippen LogP contribution in [0, 0.1) is 6.92 Å². The van der Waals surface area contributed by atoms with E-state index in [9.17, 15) is 9.59 Å². The number of nitrogens with one attached hydrogen (secondary N) is 1. The number of amides is 1. The molecule has 7 heteroatoms. The van der Waals surface area contributed by atoms with Crippen molar-refractivity contribution >= 4 is 11.9 Å². The molecule has 2 rings (SSSR count). The predicted molar refractivity (Wildman–Crippen MR) is 105 cm³/mol. The van der Waals surface area contributed by atoms with Gasteiger partial charge in [0.2, 0.25) is 11.8 Å². The number of carbonyl (C=O) groups excluding carboxylic acids is 2. The van der Waals surface area contributed by atoms with Gasteiger partial charge in [-0.25, -0.2) is 0 Å². The highest BCUT2D eigenvalue weighted by Gasteiger charge is 2.11. The van der Waals surface area contributed by atoms with Crippen LogP contribution in [0.5, 0.6) is 0 Å². The van der Waals surface area contributed by atoms with E-state index in [0.717, 1.165) is 5.56 Å². The monoisotopic (exact) mass is 387 g/mol. The average Bonchev–Trinajstić information content (AvgIpc) is 3.14. The number of ether oxygens (including phenoxy) is 1. The van der Waals surface area contributed by atoms with E-state index in [2.05, 4.69) is 15.5 Å². The molecule has 0 spiro atoms. The Bertz CT molecular complexity index is 753. The Morgan fingerprint density at radius 2 is 1.89 bits per heavy atom. The van der Waals surface area contributed by atoms with Gasteiger partial charge in [-0.1, -0.05) is 48.8 Å². The Kier molecular flexibility index (Phi) is 8.65. The summed E-state index contributed by atoms with van der Waals surface area (Å²) in [6, 6.07) is 8.13. The van der Waals surface area contributed by atoms with Crippen LogP contribution in [0.3, 0.4) is 0 Å². The fourth-order valence-corrected chi connectivity index (χ4v) is 2.52. The van der Waals surface area contributed by atoms with Crippen molar-refractivity contribution in [3.05, 3.63) is 47.1 Å². The zero-order valence-electron chi connectivity index (χ0n) is 16.9. The third-order valence-corrected chi connectivity index (χ3v) is 4.22. The van der Waals surface area contributed by atoms with Gasteiger partial charge in [0.05, 0.1) is 6.54 Å². The number of carbonyl (C=O) groups is 2. The number of aryl methyl sites for hydroxylation is 3. The number of benzene rings is 1. The van der Waals surface area contributed by atoms with E-state index >= 15 is 0 Å². The first-order chi connectivity index (χ1) is 13.4. The molecule has 28 heavy (non-hydrogen) atoms. The van der Waals surface area contributed by atoms with E-state index < -0.39 is 0 Å². The second-order valence-electron chi connectivity index (χ2n) is 7.11. The van der Waals surface area contributed by atoms with Crippen LogP contribution in [0.1, 0.15) is 61.9 Å². The fraction of sp³-hybridized carbons (Fsp3) is 0.524. The van der Waals surface area contributed by atoms with Gasteiger partial charge in [-0.2, -0.15) is 4.98 Å². The smallest absolute Gasteiger partial charge is 0.305 e. The number of esters is 1. The summed E-state index contributed by atoms with van der Waals surface area (Å²) >= 11 is 0. The van der Waals surface area contributed by atoms with Crippen molar-refractivity contribution in [2.75, 3.05) is 13.2 Å². The molecule has 2 aromatic rings. The zero-order chi connectivity index (χ0) is 20.4. The Morgan fingerprint density at radius 1 is 1.14 bits per heavy atom. The second kappa shape index (κ2) is 11.2. The lowest BCUT2D eigenvalue weighted by molar-refractivity contribution is -0.144. The van der Waals surface area contributed by atoms with Crippen LogP contribution in [-0.2, 0) is 27.2 Å². The number of aromatic nitrogens is 2. The summed E-state index contributed by atoms with van der Waals surface area (Å²) in [4.78, 5) is 27.8. The van der Waals surface area contributed by atoms with Crippen LogP contribution in [-0.4, -0.2) is 35.2 Å². The molecule has 0 aliphatic heterocycles. The highest BCUT2D eigenvalue weighted by Crippen LogP contribution is 2.11. The molecule has 7 nitrogen and oxygen atoms in total. The van der Waals surface area contributed by atoms with Gasteiger partial charge in [0, 0.05) is 25.2 Å². The van der Waals surface area contributed by atoms with Crippen molar-refractivity contribution in [2.45, 2.75) is 58.8 Å². The van der Waals surface area contributed by atoms with Gasteiger partial charge in [-0.05, 0) is 25.3 Å². The Hall–Kier alpha value is -2.70. The van der Waals surface area contributed by atoms with Gasteiger partial charge in [-0.15, -0.1) is 0 Å². The van der Waals surface area contributed by atoms with Crippen molar-refractivity contribution < 1.29 is 18.8 Å². The van der Waals surface area contributed by atoms with E-state index in [0.29, 0.717) is 43.9 Å². The molecule has 0 unspecified atom stereocenters. The number of rotatable bonds is 11. The SMILES string of the molecule is Cc1ccc(CCC(=O)NCCOC(=O)CCCc2nc(C(C)C)no2)cc1. The highest BCUT2D eigenvalue weighted by atomic mass is 16.5. The standard InChI is InChI=1S/C21H29N3O4/c1-15(2)21-23-19(28-24-21)5-4-6-20(26)27-14-13-22-18(25)12-11-17-9-7-16(3)8-10-17/h7-10,15H,4-6,11-14H2,1-3H3,(H,22,25). The third kappa shape index (κ3) is 7.90. The summed E-state index contributed by atoms with van der Waals surface area (Å²) in [5, 5.41) is 6.65. The van der Waals surface area contributed by atoms with Crippen LogP contribution in [0.2, 0.25) is 0 Å². The van der Waals surface area contributed by atoms with Crippen molar-refractivity contribution in [3.8, 4) is 0 Å². The Morgan fingerprint density at radius 3 is 2.57 bits per heavy atom. The van der Waals surface area contributed by atoms with Gasteiger partial charge in [0.1, 0.15) is 6.61 Å². The normalized spacial score (nSPS) is 10.9. The summed E-state index contributed by atoms with van der Waals surface area (Å²) in [5.74, 6) is 1.09. The summed E-state index contributed by atoms with van der Waals surface area (Å²) in [6.07, 6.45) is 2.52. The largest absolute Gasteiger partial charge is 0.464 e. The van der Waals surface area contributed by atoms with Gasteiger partial charge in [0.15, 0.2) is 5.82 Å². The number of nitrogens with zero attached hydrogens (tertiary/aromatic N) is 2. The van der Waals surface area contributed by atoms with Gasteiger partial charge in [-0.3, -0.25) is 9.59 Å². The van der Waals surface area contributed by atoms with E-state index in [1.165, 1.54) is 5.56 Å². The molecule has 1 N–H and O–H groups in total. The maximum Gasteiger partial charge on any atom is 0.305 e. The molecule has 0 radical (unpaired) electrons. The van der Waals surface area contributed by atoms with Crippen LogP contribution in [0.15, 0.2) is 28.8 Å². The first-order valence-corrected chi connectivity index (χ1v) is 9.74. The zero-order valence-corrected chi connectivity index (χ0v) is 16.9. The number of hydrogen-bond acceptors (Lipinski definition) is 6. The lowest BCUT2D eigenvalue weighted by Gasteiger charge is -2.07. The topological polar surface area (TPSA) is 94.3 Å². The summed E-state index contributed by atoms with van der Waals surface area (Å²) in [7, 11) is 0. The molecule has 152 valence electrons. The molecule has 0 aliphatic rings. The number of hydrogen-bond donors (Lipinski definition) is 1. The second-order valence-corrected chi connectivity index (χ2v) is 7.11. The lowest BCUT2D eigenvalue weighted by atomic mass is 10.1. The summed E-state index contributed by atoms with van der Waals surface area (Å²) in [6.45, 7) is 6.51. The molecule has 1 amide bonds. The molecular formula is C21H29N3O4. The maximum absolute atomic E-state index is 11.8. The fourth-order valence-electron chi connectivity index (χ4n) is 2.52. The summed E-state index contributed by atoms with van der Waals surface area (Å²) in [5.41, 5.74) is 2.33. The highest BCUT2D eigenvalue weighted by molar-refractivity contribution is 5.76. The first-order valence-electron chi connectivity index (χ1n) is 9.74. The molecule has 0 fully saturated rings. The van der Waals surface area contributed by atoms with E-state index in [1.54, 1.807) is 0 Å². The molecule has 1 aromatic carbocycles. The van der Waals surface area contributed by atoms with Gasteiger partial charge < -0.3 is 14.6 Å². The van der Waals surface area contributed by atoms with Crippen molar-refractivity contribution in [1.82, 2.24) is 15.5 Å². The van der Waals surface area contributed by atoms with Crippen LogP contribution in [0.4, 0.5) is 0 Å². The van der Waals surface area contributed by atoms with E-state index in [1.807, 2.05) is 45.0 Å². The molecule has 1 heterocycles. The minimum Gasteiger partial charge on any atom is -0.464 e. The van der Waals surface area contributed by atoms with Crippen molar-refractivity contribution in [3.63, 3.8) is 0 Å². The first kappa shape index (κ1) is 21.6. The maximum atomic E-state index is 11.8. The Balaban J connectivity index is 1.51. The van der Waals surface area contributed by atoms with Crippen LogP contribution >= 0.6 is 0 Å². The van der Waals surface area contributed by atoms with E-state index in [4.69, 9.17) is 9.26 Å². The van der Waals surface area contributed by atoms with E-state index in [-0.39, 0.29) is 30.8 Å². The van der Waals surface area contributed by atoms with Crippen LogP contribution in [0.25, 0.3) is 0 Å². The molecule has 0 saturated carbocycles. The average molecular weight is 387 g/mol. The third-order valence-electron chi connectivity index (χ3n) is 4.22. The predicted octanol–water partition coefficient (Wildman–Crippen LogP) is 3.12. The minimum atomic E-state index is -0.294. The quantitative estimate of drug-likeness (QED) is 0.470. The molecule has 0 saturated heterocycles. The molecule has 0 aliphatic carbocycles. The lowest BCUT2D eigenvalue weighted by Crippen LogP contribution is -2.28.